The summed E-state index contributed by atoms with van der Waals surface area (Å²) in [5.74, 6) is -0.357. The number of hydrogen-bond donors (Lipinski definition) is 1. The van der Waals surface area contributed by atoms with Gasteiger partial charge in [-0.25, -0.2) is 0 Å². The molecule has 2 rings (SSSR count). The molecule has 21 heavy (non-hydrogen) atoms. The molecular formula is C16H18BrN3O. The average molecular weight is 348 g/mol. The Morgan fingerprint density at radius 1 is 1.19 bits per heavy atom. The first-order valence-corrected chi connectivity index (χ1v) is 7.91. The Hall–Kier alpha value is -1.80. The van der Waals surface area contributed by atoms with Crippen LogP contribution in [0.4, 0.5) is 5.69 Å². The summed E-state index contributed by atoms with van der Waals surface area (Å²) < 4.78 is 0.945. The highest BCUT2D eigenvalue weighted by atomic mass is 79.9. The second kappa shape index (κ2) is 7.84. The summed E-state index contributed by atoms with van der Waals surface area (Å²) in [5.41, 5.74) is 0.833. The van der Waals surface area contributed by atoms with Gasteiger partial charge in [0, 0.05) is 29.4 Å². The number of nitrogens with zero attached hydrogens (tertiary/aromatic N) is 2. The molecule has 1 saturated heterocycles. The summed E-state index contributed by atoms with van der Waals surface area (Å²) in [4.78, 5) is 14.2. The molecule has 1 aliphatic heterocycles. The molecule has 0 spiro atoms. The lowest BCUT2D eigenvalue weighted by atomic mass is 10.2. The highest BCUT2D eigenvalue weighted by Crippen LogP contribution is 2.15. The average Bonchev–Trinajstić information content (AvgIpc) is 2.75. The van der Waals surface area contributed by atoms with E-state index in [4.69, 9.17) is 0 Å². The maximum atomic E-state index is 12.1. The SMILES string of the molecule is N#C/C(=C/N1CCCCCC1)C(=O)Nc1ccc(Br)cc1. The first kappa shape index (κ1) is 15.6. The fourth-order valence-corrected chi connectivity index (χ4v) is 2.54. The van der Waals surface area contributed by atoms with Crippen LogP contribution in [0.3, 0.4) is 0 Å². The van der Waals surface area contributed by atoms with Crippen molar-refractivity contribution in [2.24, 2.45) is 0 Å². The summed E-state index contributed by atoms with van der Waals surface area (Å²) >= 11 is 3.34. The molecule has 1 aromatic rings. The number of hydrogen-bond acceptors (Lipinski definition) is 3. The summed E-state index contributed by atoms with van der Waals surface area (Å²) in [6, 6.07) is 9.28. The number of likely N-dealkylation sites (tertiary alicyclic amines) is 1. The molecule has 0 unspecified atom stereocenters. The Labute approximate surface area is 133 Å². The van der Waals surface area contributed by atoms with Crippen LogP contribution >= 0.6 is 15.9 Å². The van der Waals surface area contributed by atoms with E-state index >= 15 is 0 Å². The van der Waals surface area contributed by atoms with Gasteiger partial charge in [0.1, 0.15) is 11.6 Å². The minimum absolute atomic E-state index is 0.153. The molecule has 0 aliphatic carbocycles. The van der Waals surface area contributed by atoms with E-state index in [2.05, 4.69) is 26.1 Å². The van der Waals surface area contributed by atoms with Gasteiger partial charge >= 0.3 is 0 Å². The number of nitriles is 1. The second-order valence-corrected chi connectivity index (χ2v) is 5.98. The standard InChI is InChI=1S/C16H18BrN3O/c17-14-5-7-15(8-6-14)19-16(21)13(11-18)12-20-9-3-1-2-4-10-20/h5-8,12H,1-4,9-10H2,(H,19,21)/b13-12-. The van der Waals surface area contributed by atoms with Gasteiger partial charge in [-0.05, 0) is 37.1 Å². The topological polar surface area (TPSA) is 56.1 Å². The minimum atomic E-state index is -0.357. The van der Waals surface area contributed by atoms with Gasteiger partial charge in [-0.15, -0.1) is 0 Å². The van der Waals surface area contributed by atoms with Gasteiger partial charge in [-0.2, -0.15) is 5.26 Å². The number of nitrogens with one attached hydrogen (secondary N) is 1. The van der Waals surface area contributed by atoms with E-state index in [1.807, 2.05) is 18.2 Å². The van der Waals surface area contributed by atoms with Crippen LogP contribution in [-0.4, -0.2) is 23.9 Å². The summed E-state index contributed by atoms with van der Waals surface area (Å²) in [6.07, 6.45) is 6.36. The smallest absolute Gasteiger partial charge is 0.267 e. The third-order valence-corrected chi connectivity index (χ3v) is 3.95. The Morgan fingerprint density at radius 2 is 1.81 bits per heavy atom. The fourth-order valence-electron chi connectivity index (χ4n) is 2.28. The van der Waals surface area contributed by atoms with Crippen LogP contribution in [0.2, 0.25) is 0 Å². The molecule has 110 valence electrons. The number of amides is 1. The summed E-state index contributed by atoms with van der Waals surface area (Å²) in [6.45, 7) is 1.83. The van der Waals surface area contributed by atoms with Gasteiger partial charge in [-0.3, -0.25) is 4.79 Å². The number of rotatable bonds is 3. The largest absolute Gasteiger partial charge is 0.376 e. The lowest BCUT2D eigenvalue weighted by Crippen LogP contribution is -2.22. The lowest BCUT2D eigenvalue weighted by molar-refractivity contribution is -0.112. The van der Waals surface area contributed by atoms with Crippen LogP contribution in [0.15, 0.2) is 40.5 Å². The Kier molecular flexibility index (Phi) is 5.82. The summed E-state index contributed by atoms with van der Waals surface area (Å²) in [7, 11) is 0. The predicted octanol–water partition coefficient (Wildman–Crippen LogP) is 3.67. The third-order valence-electron chi connectivity index (χ3n) is 3.42. The molecule has 1 N–H and O–H groups in total. The molecule has 5 heteroatoms. The minimum Gasteiger partial charge on any atom is -0.376 e. The number of halogens is 1. The van der Waals surface area contributed by atoms with Crippen molar-refractivity contribution in [2.75, 3.05) is 18.4 Å². The molecular weight excluding hydrogens is 330 g/mol. The van der Waals surface area contributed by atoms with Crippen LogP contribution < -0.4 is 5.32 Å². The van der Waals surface area contributed by atoms with E-state index in [9.17, 15) is 10.1 Å². The van der Waals surface area contributed by atoms with Crippen LogP contribution in [0.25, 0.3) is 0 Å². The Balaban J connectivity index is 2.03. The van der Waals surface area contributed by atoms with Crippen molar-refractivity contribution >= 4 is 27.5 Å². The quantitative estimate of drug-likeness (QED) is 0.670. The van der Waals surface area contributed by atoms with Crippen LogP contribution in [0.1, 0.15) is 25.7 Å². The zero-order valence-corrected chi connectivity index (χ0v) is 13.4. The normalized spacial score (nSPS) is 16.0. The van der Waals surface area contributed by atoms with Gasteiger partial charge in [0.2, 0.25) is 0 Å². The van der Waals surface area contributed by atoms with E-state index in [1.165, 1.54) is 12.8 Å². The lowest BCUT2D eigenvalue weighted by Gasteiger charge is -2.17. The number of carbonyl (C=O) groups excluding carboxylic acids is 1. The first-order chi connectivity index (χ1) is 10.2. The van der Waals surface area contributed by atoms with Gasteiger partial charge in [0.15, 0.2) is 0 Å². The maximum Gasteiger partial charge on any atom is 0.267 e. The maximum absolute atomic E-state index is 12.1. The van der Waals surface area contributed by atoms with Crippen molar-refractivity contribution in [3.63, 3.8) is 0 Å². The molecule has 0 atom stereocenters. The van der Waals surface area contributed by atoms with Gasteiger partial charge in [0.25, 0.3) is 5.91 Å². The van der Waals surface area contributed by atoms with Gasteiger partial charge < -0.3 is 10.2 Å². The van der Waals surface area contributed by atoms with Crippen LogP contribution in [0, 0.1) is 11.3 Å². The van der Waals surface area contributed by atoms with Crippen molar-refractivity contribution < 1.29 is 4.79 Å². The Morgan fingerprint density at radius 3 is 2.38 bits per heavy atom. The highest BCUT2D eigenvalue weighted by Gasteiger charge is 2.13. The van der Waals surface area contributed by atoms with Crippen molar-refractivity contribution in [1.82, 2.24) is 4.90 Å². The molecule has 4 nitrogen and oxygen atoms in total. The molecule has 1 fully saturated rings. The number of anilines is 1. The first-order valence-electron chi connectivity index (χ1n) is 7.12. The van der Waals surface area contributed by atoms with E-state index in [-0.39, 0.29) is 11.5 Å². The number of benzene rings is 1. The molecule has 0 saturated carbocycles. The van der Waals surface area contributed by atoms with Crippen molar-refractivity contribution in [3.05, 3.63) is 40.5 Å². The van der Waals surface area contributed by atoms with E-state index in [0.29, 0.717) is 5.69 Å². The van der Waals surface area contributed by atoms with Crippen LogP contribution in [0.5, 0.6) is 0 Å². The van der Waals surface area contributed by atoms with Crippen molar-refractivity contribution in [3.8, 4) is 6.07 Å². The zero-order valence-electron chi connectivity index (χ0n) is 11.8. The summed E-state index contributed by atoms with van der Waals surface area (Å²) in [5, 5.41) is 12.0. The van der Waals surface area contributed by atoms with Crippen molar-refractivity contribution in [2.45, 2.75) is 25.7 Å². The molecule has 1 amide bonds. The molecule has 1 aromatic carbocycles. The fraction of sp³-hybridized carbons (Fsp3) is 0.375. The third kappa shape index (κ3) is 4.91. The molecule has 0 bridgehead atoms. The number of carbonyl (C=O) groups is 1. The second-order valence-electron chi connectivity index (χ2n) is 5.07. The van der Waals surface area contributed by atoms with Gasteiger partial charge in [-0.1, -0.05) is 28.8 Å². The van der Waals surface area contributed by atoms with E-state index in [0.717, 1.165) is 30.4 Å². The highest BCUT2D eigenvalue weighted by molar-refractivity contribution is 9.10. The van der Waals surface area contributed by atoms with Crippen LogP contribution in [-0.2, 0) is 4.79 Å². The Bertz CT molecular complexity index is 552. The monoisotopic (exact) mass is 347 g/mol. The molecule has 0 aromatic heterocycles. The molecule has 0 radical (unpaired) electrons. The van der Waals surface area contributed by atoms with Gasteiger partial charge in [0.05, 0.1) is 0 Å². The molecule has 1 heterocycles. The van der Waals surface area contributed by atoms with E-state index < -0.39 is 0 Å². The van der Waals surface area contributed by atoms with Crippen molar-refractivity contribution in [1.29, 1.82) is 5.26 Å². The van der Waals surface area contributed by atoms with E-state index in [1.54, 1.807) is 18.3 Å². The zero-order chi connectivity index (χ0) is 15.1. The predicted molar refractivity (Wildman–Crippen MR) is 86.5 cm³/mol. The molecule has 1 aliphatic rings.